The first kappa shape index (κ1) is 28.8. The molecular weight excluding hydrogens is 356 g/mol. The van der Waals surface area contributed by atoms with Crippen molar-refractivity contribution in [3.63, 3.8) is 0 Å². The molecule has 0 rings (SSSR count). The third kappa shape index (κ3) is 18.3. The number of hydrogen-bond acceptors (Lipinski definition) is 4. The van der Waals surface area contributed by atoms with Gasteiger partial charge in [-0.25, -0.2) is 0 Å². The van der Waals surface area contributed by atoms with Crippen LogP contribution in [0, 0.1) is 17.8 Å². The minimum absolute atomic E-state index is 0.824. The largest absolute Gasteiger partial charge is 0.330 e. The molecule has 176 valence electrons. The van der Waals surface area contributed by atoms with Gasteiger partial charge in [-0.3, -0.25) is 0 Å². The maximum atomic E-state index is 5.84. The van der Waals surface area contributed by atoms with Gasteiger partial charge in [0.25, 0.3) is 0 Å². The number of unbranched alkanes of at least 4 members (excludes halogenated alkanes) is 3. The Bertz CT molecular complexity index is 285. The lowest BCUT2D eigenvalue weighted by Gasteiger charge is -2.24. The lowest BCUT2D eigenvalue weighted by molar-refractivity contribution is 0.291. The molecule has 0 fully saturated rings. The number of hydrogen-bond donors (Lipinski definition) is 4. The summed E-state index contributed by atoms with van der Waals surface area (Å²) in [5.74, 6) is 2.56. The standard InChI is InChI=1S/C25H56N4/c1-2-3-4-10-23(12-7-20-27)15-17-25(14-9-22-29)18-16-24(13-8-21-28)11-5-6-19-26/h23-25H,2-22,26-29H2,1H3. The SMILES string of the molecule is CCCCCC(CCCN)CCC(CCCN)CCC(CCCN)CCCCN. The summed E-state index contributed by atoms with van der Waals surface area (Å²) < 4.78 is 0. The molecular formula is C25H56N4. The molecule has 0 heterocycles. The Hall–Kier alpha value is -0.160. The van der Waals surface area contributed by atoms with Gasteiger partial charge in [0, 0.05) is 0 Å². The van der Waals surface area contributed by atoms with Crippen LogP contribution >= 0.6 is 0 Å². The highest BCUT2D eigenvalue weighted by atomic mass is 14.5. The van der Waals surface area contributed by atoms with Gasteiger partial charge in [-0.1, -0.05) is 71.1 Å². The van der Waals surface area contributed by atoms with E-state index < -0.39 is 0 Å². The van der Waals surface area contributed by atoms with E-state index in [1.54, 1.807) is 0 Å². The fourth-order valence-electron chi connectivity index (χ4n) is 4.72. The average Bonchev–Trinajstić information content (AvgIpc) is 2.74. The molecule has 0 bridgehead atoms. The van der Waals surface area contributed by atoms with Crippen molar-refractivity contribution in [3.05, 3.63) is 0 Å². The van der Waals surface area contributed by atoms with Crippen LogP contribution in [0.25, 0.3) is 0 Å². The van der Waals surface area contributed by atoms with Gasteiger partial charge in [-0.2, -0.15) is 0 Å². The molecule has 0 aromatic rings. The molecule has 0 aromatic carbocycles. The van der Waals surface area contributed by atoms with Gasteiger partial charge in [0.15, 0.2) is 0 Å². The molecule has 0 aliphatic carbocycles. The topological polar surface area (TPSA) is 104 Å². The Kier molecular flexibility index (Phi) is 22.4. The quantitative estimate of drug-likeness (QED) is 0.170. The third-order valence-corrected chi connectivity index (χ3v) is 6.70. The first-order chi connectivity index (χ1) is 14.2. The van der Waals surface area contributed by atoms with Crippen molar-refractivity contribution >= 4 is 0 Å². The molecule has 0 aliphatic heterocycles. The molecule has 0 aliphatic rings. The molecule has 4 heteroatoms. The lowest BCUT2D eigenvalue weighted by atomic mass is 9.82. The number of rotatable bonds is 23. The van der Waals surface area contributed by atoms with E-state index in [-0.39, 0.29) is 0 Å². The molecule has 3 unspecified atom stereocenters. The third-order valence-electron chi connectivity index (χ3n) is 6.70. The summed E-state index contributed by atoms with van der Waals surface area (Å²) in [7, 11) is 0. The Morgan fingerprint density at radius 2 is 0.690 bits per heavy atom. The maximum absolute atomic E-state index is 5.84. The zero-order chi connectivity index (χ0) is 21.6. The summed E-state index contributed by atoms with van der Waals surface area (Å²) in [5.41, 5.74) is 23.1. The Morgan fingerprint density at radius 1 is 0.379 bits per heavy atom. The van der Waals surface area contributed by atoms with Gasteiger partial charge in [-0.05, 0) is 88.9 Å². The molecule has 3 atom stereocenters. The fourth-order valence-corrected chi connectivity index (χ4v) is 4.72. The minimum atomic E-state index is 0.824. The zero-order valence-electron chi connectivity index (χ0n) is 19.9. The zero-order valence-corrected chi connectivity index (χ0v) is 19.9. The maximum Gasteiger partial charge on any atom is -0.00772 e. The highest BCUT2D eigenvalue weighted by Crippen LogP contribution is 2.30. The monoisotopic (exact) mass is 412 g/mol. The van der Waals surface area contributed by atoms with Crippen LogP contribution in [0.1, 0.15) is 116 Å². The molecule has 0 amide bonds. The van der Waals surface area contributed by atoms with Gasteiger partial charge < -0.3 is 22.9 Å². The predicted octanol–water partition coefficient (Wildman–Crippen LogP) is 5.32. The van der Waals surface area contributed by atoms with E-state index in [1.807, 2.05) is 0 Å². The molecule has 0 saturated heterocycles. The van der Waals surface area contributed by atoms with E-state index in [9.17, 15) is 0 Å². The number of nitrogens with two attached hydrogens (primary N) is 4. The van der Waals surface area contributed by atoms with Crippen molar-refractivity contribution < 1.29 is 0 Å². The summed E-state index contributed by atoms with van der Waals surface area (Å²) in [5, 5.41) is 0. The molecule has 0 aromatic heterocycles. The van der Waals surface area contributed by atoms with E-state index in [4.69, 9.17) is 22.9 Å². The van der Waals surface area contributed by atoms with Gasteiger partial charge in [0.2, 0.25) is 0 Å². The van der Waals surface area contributed by atoms with Gasteiger partial charge in [0.05, 0.1) is 0 Å². The van der Waals surface area contributed by atoms with E-state index in [0.717, 1.165) is 50.4 Å². The second kappa shape index (κ2) is 22.5. The molecule has 0 saturated carbocycles. The second-order valence-electron chi connectivity index (χ2n) is 9.33. The minimum Gasteiger partial charge on any atom is -0.330 e. The van der Waals surface area contributed by atoms with Crippen LogP contribution in [0.2, 0.25) is 0 Å². The van der Waals surface area contributed by atoms with Crippen LogP contribution in [0.15, 0.2) is 0 Å². The Balaban J connectivity index is 4.54. The van der Waals surface area contributed by atoms with E-state index in [1.165, 1.54) is 103 Å². The van der Waals surface area contributed by atoms with Crippen molar-refractivity contribution in [2.75, 3.05) is 26.2 Å². The van der Waals surface area contributed by atoms with Crippen molar-refractivity contribution in [2.24, 2.45) is 40.7 Å². The van der Waals surface area contributed by atoms with Crippen LogP contribution in [-0.2, 0) is 0 Å². The van der Waals surface area contributed by atoms with Crippen molar-refractivity contribution in [1.29, 1.82) is 0 Å². The van der Waals surface area contributed by atoms with Crippen LogP contribution < -0.4 is 22.9 Å². The van der Waals surface area contributed by atoms with Crippen LogP contribution in [0.3, 0.4) is 0 Å². The average molecular weight is 413 g/mol. The lowest BCUT2D eigenvalue weighted by Crippen LogP contribution is -2.13. The molecule has 0 radical (unpaired) electrons. The van der Waals surface area contributed by atoms with Gasteiger partial charge in [0.1, 0.15) is 0 Å². The first-order valence-electron chi connectivity index (χ1n) is 13.0. The molecule has 4 nitrogen and oxygen atoms in total. The van der Waals surface area contributed by atoms with E-state index in [2.05, 4.69) is 6.92 Å². The van der Waals surface area contributed by atoms with Crippen LogP contribution in [0.4, 0.5) is 0 Å². The molecule has 8 N–H and O–H groups in total. The highest BCUT2D eigenvalue weighted by molar-refractivity contribution is 4.70. The van der Waals surface area contributed by atoms with Crippen molar-refractivity contribution in [2.45, 2.75) is 116 Å². The fraction of sp³-hybridized carbons (Fsp3) is 1.00. The summed E-state index contributed by atoms with van der Waals surface area (Å²) in [4.78, 5) is 0. The van der Waals surface area contributed by atoms with E-state index in [0.29, 0.717) is 0 Å². The second-order valence-corrected chi connectivity index (χ2v) is 9.33. The summed E-state index contributed by atoms with van der Waals surface area (Å²) in [6.45, 7) is 5.62. The Morgan fingerprint density at radius 3 is 1.03 bits per heavy atom. The van der Waals surface area contributed by atoms with Gasteiger partial charge in [-0.15, -0.1) is 0 Å². The smallest absolute Gasteiger partial charge is 0.00772 e. The van der Waals surface area contributed by atoms with Crippen molar-refractivity contribution in [3.8, 4) is 0 Å². The predicted molar refractivity (Wildman–Crippen MR) is 131 cm³/mol. The van der Waals surface area contributed by atoms with Gasteiger partial charge >= 0.3 is 0 Å². The summed E-state index contributed by atoms with van der Waals surface area (Å²) >= 11 is 0. The van der Waals surface area contributed by atoms with Crippen molar-refractivity contribution in [1.82, 2.24) is 0 Å². The normalized spacial score (nSPS) is 14.8. The highest BCUT2D eigenvalue weighted by Gasteiger charge is 2.16. The molecule has 29 heavy (non-hydrogen) atoms. The Labute approximate surface area is 183 Å². The molecule has 0 spiro atoms. The van der Waals surface area contributed by atoms with Crippen LogP contribution in [0.5, 0.6) is 0 Å². The summed E-state index contributed by atoms with van der Waals surface area (Å²) in [6.07, 6.45) is 22.2. The van der Waals surface area contributed by atoms with Crippen LogP contribution in [-0.4, -0.2) is 26.2 Å². The van der Waals surface area contributed by atoms with E-state index >= 15 is 0 Å². The summed E-state index contributed by atoms with van der Waals surface area (Å²) in [6, 6.07) is 0. The first-order valence-corrected chi connectivity index (χ1v) is 13.0.